The highest BCUT2D eigenvalue weighted by Gasteiger charge is 2.04. The van der Waals surface area contributed by atoms with E-state index in [-0.39, 0.29) is 11.2 Å². The largest absolute Gasteiger partial charge is 0.503 e. The molecule has 2 heterocycles. The Bertz CT molecular complexity index is 987. The van der Waals surface area contributed by atoms with Crippen molar-refractivity contribution in [2.24, 2.45) is 7.05 Å². The minimum absolute atomic E-state index is 0.224. The van der Waals surface area contributed by atoms with Gasteiger partial charge in [0, 0.05) is 60.4 Å². The Morgan fingerprint density at radius 1 is 1.19 bits per heavy atom. The number of rotatable bonds is 8. The van der Waals surface area contributed by atoms with Gasteiger partial charge >= 0.3 is 0 Å². The van der Waals surface area contributed by atoms with E-state index in [1.807, 2.05) is 31.3 Å². The number of hydrogen-bond acceptors (Lipinski definition) is 5. The minimum atomic E-state index is -0.347. The van der Waals surface area contributed by atoms with Crippen molar-refractivity contribution in [2.45, 2.75) is 19.4 Å². The fourth-order valence-electron chi connectivity index (χ4n) is 2.92. The third kappa shape index (κ3) is 4.99. The van der Waals surface area contributed by atoms with E-state index in [1.54, 1.807) is 10.8 Å². The molecule has 0 aliphatic carbocycles. The van der Waals surface area contributed by atoms with E-state index in [0.717, 1.165) is 48.2 Å². The average molecular weight is 387 g/mol. The Hall–Kier alpha value is -2.57. The molecule has 0 saturated carbocycles. The number of anilines is 1. The minimum Gasteiger partial charge on any atom is -0.503 e. The van der Waals surface area contributed by atoms with Crippen LogP contribution in [0.1, 0.15) is 18.5 Å². The van der Waals surface area contributed by atoms with Gasteiger partial charge in [-0.05, 0) is 43.7 Å². The van der Waals surface area contributed by atoms with Gasteiger partial charge in [-0.3, -0.25) is 9.78 Å². The van der Waals surface area contributed by atoms with E-state index >= 15 is 0 Å². The number of unbranched alkanes of at least 4 members (excludes halogenated alkanes) is 1. The molecular formula is C20H23ClN4O2. The maximum atomic E-state index is 11.5. The summed E-state index contributed by atoms with van der Waals surface area (Å²) >= 11 is 6.02. The van der Waals surface area contributed by atoms with Crippen molar-refractivity contribution in [1.29, 1.82) is 0 Å². The number of aromatic hydroxyl groups is 1. The van der Waals surface area contributed by atoms with Crippen molar-refractivity contribution in [3.63, 3.8) is 0 Å². The van der Waals surface area contributed by atoms with Crippen molar-refractivity contribution in [2.75, 3.05) is 18.4 Å². The number of pyridine rings is 2. The molecule has 3 rings (SSSR count). The average Bonchev–Trinajstić information content (AvgIpc) is 2.64. The first-order chi connectivity index (χ1) is 13.0. The highest BCUT2D eigenvalue weighted by atomic mass is 35.5. The third-order valence-electron chi connectivity index (χ3n) is 4.43. The molecule has 142 valence electrons. The Morgan fingerprint density at radius 2 is 2.00 bits per heavy atom. The molecule has 0 unspecified atom stereocenters. The first-order valence-electron chi connectivity index (χ1n) is 8.92. The van der Waals surface area contributed by atoms with Crippen LogP contribution >= 0.6 is 11.6 Å². The molecule has 1 aromatic carbocycles. The first kappa shape index (κ1) is 19.2. The topological polar surface area (TPSA) is 79.2 Å². The standard InChI is InChI=1S/C20H23ClN4O2/c1-25-13-20(27)19(26)11-15(25)12-22-7-2-3-8-23-17-6-9-24-18-10-14(21)4-5-16(17)18/h4-6,9-11,13,22,27H,2-3,7-8,12H2,1H3,(H,23,24). The van der Waals surface area contributed by atoms with Crippen LogP contribution in [0.15, 0.2) is 47.5 Å². The molecule has 3 aromatic rings. The van der Waals surface area contributed by atoms with Crippen LogP contribution in [-0.4, -0.2) is 27.7 Å². The summed E-state index contributed by atoms with van der Waals surface area (Å²) in [6.45, 7) is 2.31. The van der Waals surface area contributed by atoms with Crippen LogP contribution in [0.4, 0.5) is 5.69 Å². The molecule has 0 fully saturated rings. The molecule has 6 nitrogen and oxygen atoms in total. The maximum Gasteiger partial charge on any atom is 0.223 e. The van der Waals surface area contributed by atoms with Gasteiger partial charge in [-0.25, -0.2) is 0 Å². The quantitative estimate of drug-likeness (QED) is 0.518. The van der Waals surface area contributed by atoms with E-state index < -0.39 is 0 Å². The van der Waals surface area contributed by atoms with Crippen LogP contribution in [0.3, 0.4) is 0 Å². The summed E-state index contributed by atoms with van der Waals surface area (Å²) in [7, 11) is 1.81. The lowest BCUT2D eigenvalue weighted by Crippen LogP contribution is -2.20. The summed E-state index contributed by atoms with van der Waals surface area (Å²) in [5.74, 6) is -0.224. The van der Waals surface area contributed by atoms with Gasteiger partial charge in [0.1, 0.15) is 0 Å². The molecule has 0 atom stereocenters. The number of halogens is 1. The summed E-state index contributed by atoms with van der Waals surface area (Å²) in [5, 5.41) is 17.9. The number of hydrogen-bond donors (Lipinski definition) is 3. The Morgan fingerprint density at radius 3 is 2.85 bits per heavy atom. The molecule has 0 radical (unpaired) electrons. The van der Waals surface area contributed by atoms with Crippen LogP contribution in [-0.2, 0) is 13.6 Å². The van der Waals surface area contributed by atoms with E-state index in [0.29, 0.717) is 11.6 Å². The molecule has 0 saturated heterocycles. The Balaban J connectivity index is 1.41. The second kappa shape index (κ2) is 8.88. The predicted octanol–water partition coefficient (Wildman–Crippen LogP) is 3.27. The molecule has 0 aliphatic heterocycles. The summed E-state index contributed by atoms with van der Waals surface area (Å²) in [4.78, 5) is 15.8. The van der Waals surface area contributed by atoms with Crippen LogP contribution in [0, 0.1) is 0 Å². The van der Waals surface area contributed by atoms with E-state index in [4.69, 9.17) is 11.6 Å². The Labute approximate surface area is 162 Å². The number of nitrogens with zero attached hydrogens (tertiary/aromatic N) is 2. The monoisotopic (exact) mass is 386 g/mol. The summed E-state index contributed by atoms with van der Waals surface area (Å²) in [5.41, 5.74) is 2.44. The van der Waals surface area contributed by atoms with Gasteiger partial charge in [-0.15, -0.1) is 0 Å². The SMILES string of the molecule is Cn1cc(O)c(=O)cc1CNCCCCNc1ccnc2cc(Cl)ccc12. The fraction of sp³-hybridized carbons (Fsp3) is 0.300. The van der Waals surface area contributed by atoms with Gasteiger partial charge in [-0.2, -0.15) is 0 Å². The van der Waals surface area contributed by atoms with Gasteiger partial charge in [0.05, 0.1) is 5.52 Å². The Kier molecular flexibility index (Phi) is 6.32. The molecule has 0 bridgehead atoms. The van der Waals surface area contributed by atoms with Crippen molar-refractivity contribution in [3.05, 3.63) is 63.7 Å². The molecule has 27 heavy (non-hydrogen) atoms. The number of nitrogens with one attached hydrogen (secondary N) is 2. The smallest absolute Gasteiger partial charge is 0.223 e. The first-order valence-corrected chi connectivity index (χ1v) is 9.30. The molecule has 3 N–H and O–H groups in total. The number of aryl methyl sites for hydroxylation is 1. The van der Waals surface area contributed by atoms with Crippen LogP contribution in [0.2, 0.25) is 5.02 Å². The van der Waals surface area contributed by atoms with Gasteiger partial charge in [-0.1, -0.05) is 11.6 Å². The molecule has 0 aliphatic rings. The van der Waals surface area contributed by atoms with E-state index in [9.17, 15) is 9.90 Å². The van der Waals surface area contributed by atoms with Crippen molar-refractivity contribution in [3.8, 4) is 5.75 Å². The van der Waals surface area contributed by atoms with Gasteiger partial charge in [0.15, 0.2) is 5.75 Å². The van der Waals surface area contributed by atoms with Crippen molar-refractivity contribution in [1.82, 2.24) is 14.9 Å². The highest BCUT2D eigenvalue weighted by molar-refractivity contribution is 6.31. The normalized spacial score (nSPS) is 11.0. The van der Waals surface area contributed by atoms with E-state index in [2.05, 4.69) is 15.6 Å². The second-order valence-electron chi connectivity index (χ2n) is 6.46. The highest BCUT2D eigenvalue weighted by Crippen LogP contribution is 2.24. The lowest BCUT2D eigenvalue weighted by molar-refractivity contribution is 0.461. The maximum absolute atomic E-state index is 11.5. The summed E-state index contributed by atoms with van der Waals surface area (Å²) in [6, 6.07) is 9.15. The summed E-state index contributed by atoms with van der Waals surface area (Å²) in [6.07, 6.45) is 5.24. The van der Waals surface area contributed by atoms with Gasteiger partial charge < -0.3 is 20.3 Å². The molecule has 7 heteroatoms. The fourth-order valence-corrected chi connectivity index (χ4v) is 3.09. The van der Waals surface area contributed by atoms with Gasteiger partial charge in [0.25, 0.3) is 0 Å². The van der Waals surface area contributed by atoms with Crippen LogP contribution in [0.25, 0.3) is 10.9 Å². The number of fused-ring (bicyclic) bond motifs is 1. The molecular weight excluding hydrogens is 364 g/mol. The van der Waals surface area contributed by atoms with Crippen LogP contribution in [0.5, 0.6) is 5.75 Å². The third-order valence-corrected chi connectivity index (χ3v) is 4.66. The van der Waals surface area contributed by atoms with Crippen molar-refractivity contribution < 1.29 is 5.11 Å². The van der Waals surface area contributed by atoms with Crippen LogP contribution < -0.4 is 16.1 Å². The molecule has 0 spiro atoms. The number of aromatic nitrogens is 2. The molecule has 2 aromatic heterocycles. The van der Waals surface area contributed by atoms with Crippen molar-refractivity contribution >= 4 is 28.2 Å². The summed E-state index contributed by atoms with van der Waals surface area (Å²) < 4.78 is 1.76. The lowest BCUT2D eigenvalue weighted by Gasteiger charge is -2.11. The zero-order chi connectivity index (χ0) is 19.2. The molecule has 0 amide bonds. The second-order valence-corrected chi connectivity index (χ2v) is 6.89. The van der Waals surface area contributed by atoms with Gasteiger partial charge in [0.2, 0.25) is 5.43 Å². The van der Waals surface area contributed by atoms with E-state index in [1.165, 1.54) is 12.3 Å². The predicted molar refractivity (Wildman–Crippen MR) is 110 cm³/mol. The zero-order valence-corrected chi connectivity index (χ0v) is 16.0. The zero-order valence-electron chi connectivity index (χ0n) is 15.2. The lowest BCUT2D eigenvalue weighted by atomic mass is 10.2. The number of benzene rings is 1.